The lowest BCUT2D eigenvalue weighted by Crippen LogP contribution is -2.59. The number of H-pyrrole nitrogens is 1. The predicted molar refractivity (Wildman–Crippen MR) is 211 cm³/mol. The molecule has 0 bridgehead atoms. The van der Waals surface area contributed by atoms with Gasteiger partial charge in [0.2, 0.25) is 21.8 Å². The van der Waals surface area contributed by atoms with E-state index in [-0.39, 0.29) is 37.1 Å². The minimum Gasteiger partial charge on any atom is -0.494 e. The number of hydrogen-bond donors (Lipinski definition) is 4. The van der Waals surface area contributed by atoms with Gasteiger partial charge in [-0.25, -0.2) is 18.2 Å². The van der Waals surface area contributed by atoms with Crippen LogP contribution in [0.25, 0.3) is 11.0 Å². The number of allylic oxidation sites excluding steroid dienone is 1. The third-order valence-electron chi connectivity index (χ3n) is 11.5. The van der Waals surface area contributed by atoms with Gasteiger partial charge in [-0.1, -0.05) is 32.4 Å². The summed E-state index contributed by atoms with van der Waals surface area (Å²) in [6, 6.07) is 2.69. The number of sulfonamides is 1. The first kappa shape index (κ1) is 41.9. The summed E-state index contributed by atoms with van der Waals surface area (Å²) in [5, 5.41) is 5.67. The van der Waals surface area contributed by atoms with Crippen molar-refractivity contribution < 1.29 is 41.8 Å². The van der Waals surface area contributed by atoms with Crippen LogP contribution in [0.1, 0.15) is 99.8 Å². The molecule has 0 radical (unpaired) electrons. The molecular weight excluding hydrogens is 757 g/mol. The Kier molecular flexibility index (Phi) is 11.7. The average molecular weight is 813 g/mol. The Labute approximate surface area is 333 Å². The van der Waals surface area contributed by atoms with Crippen molar-refractivity contribution in [1.29, 1.82) is 0 Å². The highest BCUT2D eigenvalue weighted by molar-refractivity contribution is 7.91. The molecule has 17 heteroatoms. The maximum Gasteiger partial charge on any atom is 0.408 e. The molecule has 2 aliphatic carbocycles. The maximum absolute atomic E-state index is 14.9. The van der Waals surface area contributed by atoms with Crippen LogP contribution in [0.3, 0.4) is 0 Å². The number of nitrogens with zero attached hydrogens (tertiary/aromatic N) is 2. The SMILES string of the molecule is CCOc1ccc2[nH]c(=O)c(OC3CC4C(=O)NC5(C(=O)NS(=O)(=O)C6(C)CC6)CC5C=CCCC(C)CC(CC)C(NC(=O)OC(C)(C)C)C(=O)N4C3)nc2c1. The highest BCUT2D eigenvalue weighted by Gasteiger charge is 2.63. The van der Waals surface area contributed by atoms with Gasteiger partial charge in [0.15, 0.2) is 0 Å². The van der Waals surface area contributed by atoms with Crippen molar-refractivity contribution in [3.8, 4) is 11.6 Å². The monoisotopic (exact) mass is 812 g/mol. The number of aromatic amines is 1. The molecule has 2 saturated carbocycles. The zero-order valence-electron chi connectivity index (χ0n) is 33.8. The summed E-state index contributed by atoms with van der Waals surface area (Å²) >= 11 is 0. The third kappa shape index (κ3) is 9.23. The Hall–Kier alpha value is -4.67. The number of hydrogen-bond acceptors (Lipinski definition) is 11. The van der Waals surface area contributed by atoms with E-state index in [0.29, 0.717) is 55.5 Å². The van der Waals surface area contributed by atoms with Gasteiger partial charge in [0.25, 0.3) is 11.8 Å². The van der Waals surface area contributed by atoms with Crippen LogP contribution in [-0.4, -0.2) is 94.3 Å². The van der Waals surface area contributed by atoms with Crippen LogP contribution in [0.4, 0.5) is 4.79 Å². The molecule has 4 amide bonds. The van der Waals surface area contributed by atoms with E-state index in [1.807, 2.05) is 26.0 Å². The first-order valence-electron chi connectivity index (χ1n) is 20.0. The molecule has 3 fully saturated rings. The number of carbonyl (C=O) groups excluding carboxylic acids is 4. The number of benzene rings is 1. The smallest absolute Gasteiger partial charge is 0.408 e. The molecule has 2 aromatic rings. The van der Waals surface area contributed by atoms with Crippen LogP contribution < -0.4 is 30.4 Å². The topological polar surface area (TPSA) is 215 Å². The van der Waals surface area contributed by atoms with Crippen LogP contribution in [0.5, 0.6) is 11.6 Å². The van der Waals surface area contributed by atoms with E-state index in [1.54, 1.807) is 45.9 Å². The van der Waals surface area contributed by atoms with Gasteiger partial charge in [-0.05, 0) is 97.1 Å². The van der Waals surface area contributed by atoms with E-state index in [1.165, 1.54) is 4.90 Å². The first-order valence-corrected chi connectivity index (χ1v) is 21.5. The van der Waals surface area contributed by atoms with Gasteiger partial charge in [-0.15, -0.1) is 0 Å². The summed E-state index contributed by atoms with van der Waals surface area (Å²) in [4.78, 5) is 78.4. The number of nitrogens with one attached hydrogen (secondary N) is 4. The summed E-state index contributed by atoms with van der Waals surface area (Å²) in [5.74, 6) is -2.55. The molecule has 312 valence electrons. The molecular formula is C40H56N6O10S. The molecule has 6 rings (SSSR count). The van der Waals surface area contributed by atoms with Gasteiger partial charge in [0, 0.05) is 18.4 Å². The second kappa shape index (κ2) is 15.9. The Morgan fingerprint density at radius 1 is 1.11 bits per heavy atom. The van der Waals surface area contributed by atoms with Crippen LogP contribution in [0.2, 0.25) is 0 Å². The van der Waals surface area contributed by atoms with Gasteiger partial charge >= 0.3 is 11.7 Å². The fourth-order valence-corrected chi connectivity index (χ4v) is 9.10. The molecule has 4 N–H and O–H groups in total. The average Bonchev–Trinajstić information content (AvgIpc) is 4.01. The molecule has 57 heavy (non-hydrogen) atoms. The Balaban J connectivity index is 1.36. The molecule has 7 unspecified atom stereocenters. The van der Waals surface area contributed by atoms with E-state index in [9.17, 15) is 32.4 Å². The zero-order chi connectivity index (χ0) is 41.5. The van der Waals surface area contributed by atoms with Crippen molar-refractivity contribution in [2.75, 3.05) is 13.2 Å². The second-order valence-electron chi connectivity index (χ2n) is 17.3. The first-order chi connectivity index (χ1) is 26.8. The quantitative estimate of drug-likeness (QED) is 0.267. The van der Waals surface area contributed by atoms with Gasteiger partial charge in [-0.2, -0.15) is 0 Å². The lowest BCUT2D eigenvalue weighted by Gasteiger charge is -2.34. The molecule has 3 heterocycles. The number of aromatic nitrogens is 2. The van der Waals surface area contributed by atoms with Crippen molar-refractivity contribution in [3.05, 3.63) is 40.7 Å². The fraction of sp³-hybridized carbons (Fsp3) is 0.650. The summed E-state index contributed by atoms with van der Waals surface area (Å²) < 4.78 is 44.9. The predicted octanol–water partition coefficient (Wildman–Crippen LogP) is 3.84. The van der Waals surface area contributed by atoms with Crippen molar-refractivity contribution in [2.45, 2.75) is 134 Å². The number of rotatable bonds is 9. The van der Waals surface area contributed by atoms with Crippen LogP contribution in [0.15, 0.2) is 35.1 Å². The van der Waals surface area contributed by atoms with E-state index < -0.39 is 79.4 Å². The van der Waals surface area contributed by atoms with Crippen molar-refractivity contribution >= 4 is 44.9 Å². The molecule has 1 aromatic carbocycles. The summed E-state index contributed by atoms with van der Waals surface area (Å²) in [6.45, 7) is 12.8. The van der Waals surface area contributed by atoms with E-state index in [0.717, 1.165) is 6.42 Å². The number of ether oxygens (including phenoxy) is 3. The summed E-state index contributed by atoms with van der Waals surface area (Å²) in [6.07, 6.45) is 5.46. The highest BCUT2D eigenvalue weighted by Crippen LogP contribution is 2.47. The van der Waals surface area contributed by atoms with Gasteiger partial charge < -0.3 is 34.7 Å². The van der Waals surface area contributed by atoms with E-state index in [2.05, 4.69) is 32.2 Å². The molecule has 4 aliphatic rings. The summed E-state index contributed by atoms with van der Waals surface area (Å²) in [7, 11) is -4.03. The lowest BCUT2D eigenvalue weighted by atomic mass is 9.85. The number of alkyl carbamates (subject to hydrolysis) is 1. The largest absolute Gasteiger partial charge is 0.494 e. The van der Waals surface area contributed by atoms with Crippen molar-refractivity contribution in [1.82, 2.24) is 30.2 Å². The molecule has 2 aliphatic heterocycles. The molecule has 1 aromatic heterocycles. The normalized spacial score (nSPS) is 28.9. The Morgan fingerprint density at radius 3 is 2.51 bits per heavy atom. The minimum absolute atomic E-state index is 0.101. The van der Waals surface area contributed by atoms with Gasteiger partial charge in [0.05, 0.1) is 28.9 Å². The maximum atomic E-state index is 14.9. The molecule has 1 saturated heterocycles. The minimum atomic E-state index is -4.03. The van der Waals surface area contributed by atoms with E-state index >= 15 is 0 Å². The standard InChI is InChI=1S/C40H56N6O10S/c1-8-24-18-23(3)12-10-11-13-25-21-40(25,36(50)45-57(52,53)39(7)16-17-39)44-32(47)30-20-27(22-46(30)35(49)31(24)43-37(51)56-38(4,5)6)55-34-33(48)41-28-15-14-26(54-9-2)19-29(28)42-34/h11,13-15,19,23-25,27,30-31H,8-10,12,16-18,20-22H2,1-7H3,(H,41,48)(H,43,51)(H,44,47)(H,45,50). The molecule has 7 atom stereocenters. The third-order valence-corrected chi connectivity index (χ3v) is 13.7. The van der Waals surface area contributed by atoms with Crippen molar-refractivity contribution in [3.63, 3.8) is 0 Å². The van der Waals surface area contributed by atoms with Crippen LogP contribution >= 0.6 is 0 Å². The second-order valence-corrected chi connectivity index (χ2v) is 19.5. The van der Waals surface area contributed by atoms with Crippen molar-refractivity contribution in [2.24, 2.45) is 17.8 Å². The molecule has 16 nitrogen and oxygen atoms in total. The van der Waals surface area contributed by atoms with Gasteiger partial charge in [0.1, 0.15) is 35.1 Å². The van der Waals surface area contributed by atoms with Crippen LogP contribution in [0, 0.1) is 17.8 Å². The van der Waals surface area contributed by atoms with Gasteiger partial charge in [-0.3, -0.25) is 23.9 Å². The fourth-order valence-electron chi connectivity index (χ4n) is 7.79. The van der Waals surface area contributed by atoms with E-state index in [4.69, 9.17) is 14.2 Å². The number of carbonyl (C=O) groups is 4. The number of fused-ring (bicyclic) bond motifs is 3. The Morgan fingerprint density at radius 2 is 1.84 bits per heavy atom. The lowest BCUT2D eigenvalue weighted by molar-refractivity contribution is -0.142. The highest BCUT2D eigenvalue weighted by atomic mass is 32.2. The molecule has 0 spiro atoms. The van der Waals surface area contributed by atoms with Crippen LogP contribution in [-0.2, 0) is 29.1 Å². The summed E-state index contributed by atoms with van der Waals surface area (Å²) in [5.41, 5.74) is -2.21. The zero-order valence-corrected chi connectivity index (χ0v) is 34.6. The Bertz CT molecular complexity index is 2090. The number of amides is 4.